The van der Waals surface area contributed by atoms with Gasteiger partial charge >= 0.3 is 5.97 Å². The standard InChI is InChI=1S/C9H14N2O3/c1-11-7(5-6-14-10)3-4-8(11)9(12)13-2/h3-4H,5-6,10H2,1-2H3. The lowest BCUT2D eigenvalue weighted by atomic mass is 10.3. The highest BCUT2D eigenvalue weighted by atomic mass is 16.6. The van der Waals surface area contributed by atoms with Gasteiger partial charge in [-0.3, -0.25) is 0 Å². The van der Waals surface area contributed by atoms with Crippen molar-refractivity contribution < 1.29 is 14.4 Å². The quantitative estimate of drug-likeness (QED) is 0.556. The first kappa shape index (κ1) is 10.7. The molecule has 5 heteroatoms. The van der Waals surface area contributed by atoms with Crippen molar-refractivity contribution in [1.29, 1.82) is 0 Å². The Morgan fingerprint density at radius 1 is 1.57 bits per heavy atom. The highest BCUT2D eigenvalue weighted by Crippen LogP contribution is 2.08. The Labute approximate surface area is 82.4 Å². The smallest absolute Gasteiger partial charge is 0.354 e. The zero-order valence-corrected chi connectivity index (χ0v) is 8.32. The topological polar surface area (TPSA) is 66.5 Å². The van der Waals surface area contributed by atoms with Crippen molar-refractivity contribution in [2.45, 2.75) is 6.42 Å². The summed E-state index contributed by atoms with van der Waals surface area (Å²) < 4.78 is 6.39. The molecule has 0 amide bonds. The molecule has 0 bridgehead atoms. The number of nitrogens with two attached hydrogens (primary N) is 1. The fraction of sp³-hybridized carbons (Fsp3) is 0.444. The average molecular weight is 198 g/mol. The van der Waals surface area contributed by atoms with E-state index >= 15 is 0 Å². The summed E-state index contributed by atoms with van der Waals surface area (Å²) in [6.07, 6.45) is 0.671. The number of ether oxygens (including phenoxy) is 1. The molecule has 2 N–H and O–H groups in total. The third-order valence-electron chi connectivity index (χ3n) is 2.10. The van der Waals surface area contributed by atoms with Gasteiger partial charge in [-0.15, -0.1) is 0 Å². The van der Waals surface area contributed by atoms with Gasteiger partial charge in [0.1, 0.15) is 5.69 Å². The summed E-state index contributed by atoms with van der Waals surface area (Å²) in [5, 5.41) is 0. The number of methoxy groups -OCH3 is 1. The molecule has 0 aliphatic heterocycles. The minimum atomic E-state index is -0.340. The lowest BCUT2D eigenvalue weighted by Gasteiger charge is -2.05. The van der Waals surface area contributed by atoms with Crippen LogP contribution in [-0.4, -0.2) is 24.3 Å². The van der Waals surface area contributed by atoms with Crippen LogP contribution in [-0.2, 0) is 23.0 Å². The van der Waals surface area contributed by atoms with Crippen LogP contribution in [0.5, 0.6) is 0 Å². The van der Waals surface area contributed by atoms with E-state index in [1.165, 1.54) is 7.11 Å². The highest BCUT2D eigenvalue weighted by Gasteiger charge is 2.11. The molecule has 14 heavy (non-hydrogen) atoms. The molecule has 0 aliphatic rings. The van der Waals surface area contributed by atoms with Crippen LogP contribution >= 0.6 is 0 Å². The maximum Gasteiger partial charge on any atom is 0.354 e. The molecule has 0 saturated heterocycles. The van der Waals surface area contributed by atoms with Gasteiger partial charge in [-0.05, 0) is 12.1 Å². The second-order valence-corrected chi connectivity index (χ2v) is 2.88. The summed E-state index contributed by atoms with van der Waals surface area (Å²) in [5.41, 5.74) is 1.51. The minimum Gasteiger partial charge on any atom is -0.464 e. The molecule has 0 unspecified atom stereocenters. The van der Waals surface area contributed by atoms with Crippen LogP contribution in [0.1, 0.15) is 16.2 Å². The fourth-order valence-electron chi connectivity index (χ4n) is 1.28. The molecule has 0 fully saturated rings. The molecule has 0 radical (unpaired) electrons. The number of rotatable bonds is 4. The van der Waals surface area contributed by atoms with E-state index in [0.717, 1.165) is 5.69 Å². The Hall–Kier alpha value is -1.33. The van der Waals surface area contributed by atoms with Crippen LogP contribution in [0, 0.1) is 0 Å². The molecular formula is C9H14N2O3. The van der Waals surface area contributed by atoms with Crippen molar-refractivity contribution >= 4 is 5.97 Å². The second-order valence-electron chi connectivity index (χ2n) is 2.88. The molecule has 1 aromatic rings. The highest BCUT2D eigenvalue weighted by molar-refractivity contribution is 5.87. The number of carbonyl (C=O) groups is 1. The Morgan fingerprint density at radius 2 is 2.29 bits per heavy atom. The van der Waals surface area contributed by atoms with Crippen LogP contribution in [0.25, 0.3) is 0 Å². The third-order valence-corrected chi connectivity index (χ3v) is 2.10. The SMILES string of the molecule is COC(=O)c1ccc(CCON)n1C. The van der Waals surface area contributed by atoms with Gasteiger partial charge in [0.25, 0.3) is 0 Å². The van der Waals surface area contributed by atoms with E-state index in [-0.39, 0.29) is 5.97 Å². The van der Waals surface area contributed by atoms with Gasteiger partial charge in [-0.25, -0.2) is 10.7 Å². The summed E-state index contributed by atoms with van der Waals surface area (Å²) in [5.74, 6) is 4.58. The van der Waals surface area contributed by atoms with Gasteiger partial charge in [0, 0.05) is 19.2 Å². The van der Waals surface area contributed by atoms with Crippen molar-refractivity contribution in [1.82, 2.24) is 4.57 Å². The zero-order valence-electron chi connectivity index (χ0n) is 8.32. The maximum atomic E-state index is 11.2. The second kappa shape index (κ2) is 4.78. The number of esters is 1. The van der Waals surface area contributed by atoms with Crippen molar-refractivity contribution in [3.05, 3.63) is 23.5 Å². The van der Waals surface area contributed by atoms with E-state index in [4.69, 9.17) is 5.90 Å². The van der Waals surface area contributed by atoms with E-state index in [1.807, 2.05) is 6.07 Å². The van der Waals surface area contributed by atoms with E-state index in [0.29, 0.717) is 18.7 Å². The van der Waals surface area contributed by atoms with Crippen molar-refractivity contribution in [2.24, 2.45) is 12.9 Å². The van der Waals surface area contributed by atoms with Crippen LogP contribution in [0.15, 0.2) is 12.1 Å². The van der Waals surface area contributed by atoms with Gasteiger partial charge in [-0.1, -0.05) is 0 Å². The first-order chi connectivity index (χ1) is 6.70. The summed E-state index contributed by atoms with van der Waals surface area (Å²) in [7, 11) is 3.16. The number of nitrogens with zero attached hydrogens (tertiary/aromatic N) is 1. The summed E-state index contributed by atoms with van der Waals surface area (Å²) in [6, 6.07) is 3.57. The number of hydrogen-bond acceptors (Lipinski definition) is 4. The van der Waals surface area contributed by atoms with Gasteiger partial charge in [0.2, 0.25) is 0 Å². The predicted molar refractivity (Wildman–Crippen MR) is 50.6 cm³/mol. The maximum absolute atomic E-state index is 11.2. The molecule has 0 saturated carbocycles. The Kier molecular flexibility index (Phi) is 3.67. The third kappa shape index (κ3) is 2.12. The van der Waals surface area contributed by atoms with Gasteiger partial charge < -0.3 is 14.1 Å². The molecule has 78 valence electrons. The molecular weight excluding hydrogens is 184 g/mol. The minimum absolute atomic E-state index is 0.340. The van der Waals surface area contributed by atoms with Gasteiger partial charge in [0.05, 0.1) is 13.7 Å². The first-order valence-corrected chi connectivity index (χ1v) is 4.25. The van der Waals surface area contributed by atoms with Crippen LogP contribution in [0.2, 0.25) is 0 Å². The molecule has 5 nitrogen and oxygen atoms in total. The monoisotopic (exact) mass is 198 g/mol. The molecule has 1 rings (SSSR count). The van der Waals surface area contributed by atoms with E-state index < -0.39 is 0 Å². The van der Waals surface area contributed by atoms with Crippen molar-refractivity contribution in [2.75, 3.05) is 13.7 Å². The largest absolute Gasteiger partial charge is 0.464 e. The molecule has 0 atom stereocenters. The van der Waals surface area contributed by atoms with Crippen molar-refractivity contribution in [3.63, 3.8) is 0 Å². The lowest BCUT2D eigenvalue weighted by molar-refractivity contribution is 0.0589. The van der Waals surface area contributed by atoms with Crippen molar-refractivity contribution in [3.8, 4) is 0 Å². The lowest BCUT2D eigenvalue weighted by Crippen LogP contribution is -2.11. The van der Waals surface area contributed by atoms with Crippen LogP contribution in [0.3, 0.4) is 0 Å². The normalized spacial score (nSPS) is 10.2. The molecule has 0 spiro atoms. The Morgan fingerprint density at radius 3 is 2.86 bits per heavy atom. The zero-order chi connectivity index (χ0) is 10.6. The van der Waals surface area contributed by atoms with Crippen LogP contribution < -0.4 is 5.90 Å². The Bertz CT molecular complexity index is 320. The first-order valence-electron chi connectivity index (χ1n) is 4.25. The number of aromatic nitrogens is 1. The summed E-state index contributed by atoms with van der Waals surface area (Å²) in [6.45, 7) is 0.429. The molecule has 0 aromatic carbocycles. The Balaban J connectivity index is 2.80. The van der Waals surface area contributed by atoms with E-state index in [1.54, 1.807) is 17.7 Å². The van der Waals surface area contributed by atoms with E-state index in [9.17, 15) is 4.79 Å². The summed E-state index contributed by atoms with van der Waals surface area (Å²) in [4.78, 5) is 15.7. The van der Waals surface area contributed by atoms with Crippen LogP contribution in [0.4, 0.5) is 0 Å². The fourth-order valence-corrected chi connectivity index (χ4v) is 1.28. The van der Waals surface area contributed by atoms with Gasteiger partial charge in [-0.2, -0.15) is 0 Å². The molecule has 1 heterocycles. The molecule has 0 aliphatic carbocycles. The van der Waals surface area contributed by atoms with Gasteiger partial charge in [0.15, 0.2) is 0 Å². The molecule has 1 aromatic heterocycles. The summed E-state index contributed by atoms with van der Waals surface area (Å²) >= 11 is 0. The number of carbonyl (C=O) groups excluding carboxylic acids is 1. The van der Waals surface area contributed by atoms with E-state index in [2.05, 4.69) is 9.57 Å². The predicted octanol–water partition coefficient (Wildman–Crippen LogP) is 0.244. The average Bonchev–Trinajstić information content (AvgIpc) is 2.56. The number of hydrogen-bond donors (Lipinski definition) is 1.